The number of nitrogen functional groups attached to an aromatic ring is 1. The van der Waals surface area contributed by atoms with Crippen molar-refractivity contribution in [2.75, 3.05) is 19.4 Å². The zero-order chi connectivity index (χ0) is 12.5. The van der Waals surface area contributed by atoms with Gasteiger partial charge in [-0.15, -0.1) is 0 Å². The Morgan fingerprint density at radius 2 is 2.18 bits per heavy atom. The van der Waals surface area contributed by atoms with E-state index in [1.165, 1.54) is 19.2 Å². The van der Waals surface area contributed by atoms with Crippen LogP contribution in [0.25, 0.3) is 0 Å². The van der Waals surface area contributed by atoms with Gasteiger partial charge in [-0.25, -0.2) is 13.1 Å². The van der Waals surface area contributed by atoms with Gasteiger partial charge in [0, 0.05) is 12.6 Å². The van der Waals surface area contributed by atoms with Gasteiger partial charge in [-0.2, -0.15) is 0 Å². The molecule has 0 atom stereocenters. The molecule has 3 N–H and O–H groups in total. The number of rotatable bonds is 5. The molecule has 6 heteroatoms. The first-order chi connectivity index (χ1) is 8.03. The summed E-state index contributed by atoms with van der Waals surface area (Å²) in [6.45, 7) is 0.494. The van der Waals surface area contributed by atoms with Crippen LogP contribution in [-0.2, 0) is 10.0 Å². The van der Waals surface area contributed by atoms with Crippen LogP contribution < -0.4 is 15.2 Å². The minimum Gasteiger partial charge on any atom is -0.497 e. The lowest BCUT2D eigenvalue weighted by Crippen LogP contribution is -2.26. The summed E-state index contributed by atoms with van der Waals surface area (Å²) in [5.41, 5.74) is 5.91. The van der Waals surface area contributed by atoms with Crippen molar-refractivity contribution in [3.63, 3.8) is 0 Å². The number of nitrogens with one attached hydrogen (secondary N) is 1. The Labute approximate surface area is 101 Å². The molecule has 1 aliphatic rings. The number of nitrogens with two attached hydrogens (primary N) is 1. The third kappa shape index (κ3) is 2.89. The Hall–Kier alpha value is -1.27. The second-order valence-corrected chi connectivity index (χ2v) is 5.93. The van der Waals surface area contributed by atoms with Crippen molar-refractivity contribution >= 4 is 15.7 Å². The minimum atomic E-state index is -3.50. The topological polar surface area (TPSA) is 81.4 Å². The monoisotopic (exact) mass is 256 g/mol. The van der Waals surface area contributed by atoms with Gasteiger partial charge >= 0.3 is 0 Å². The third-order valence-electron chi connectivity index (χ3n) is 2.77. The molecule has 0 aromatic heterocycles. The van der Waals surface area contributed by atoms with E-state index in [4.69, 9.17) is 10.5 Å². The van der Waals surface area contributed by atoms with Crippen molar-refractivity contribution in [1.29, 1.82) is 0 Å². The van der Waals surface area contributed by atoms with E-state index < -0.39 is 10.0 Å². The first kappa shape index (κ1) is 12.2. The van der Waals surface area contributed by atoms with Crippen molar-refractivity contribution in [1.82, 2.24) is 4.72 Å². The highest BCUT2D eigenvalue weighted by molar-refractivity contribution is 7.89. The number of benzene rings is 1. The molecule has 0 spiro atoms. The zero-order valence-corrected chi connectivity index (χ0v) is 10.5. The molecule has 2 rings (SSSR count). The van der Waals surface area contributed by atoms with Gasteiger partial charge in [0.05, 0.1) is 12.8 Å². The zero-order valence-electron chi connectivity index (χ0n) is 9.64. The number of hydrogen-bond donors (Lipinski definition) is 2. The molecule has 0 aliphatic heterocycles. The molecule has 0 saturated heterocycles. The summed E-state index contributed by atoms with van der Waals surface area (Å²) in [5.74, 6) is 1.04. The predicted octanol–water partition coefficient (Wildman–Crippen LogP) is 0.966. The highest BCUT2D eigenvalue weighted by Crippen LogP contribution is 2.29. The number of sulfonamides is 1. The molecular formula is C11H16N2O3S. The molecule has 1 saturated carbocycles. The maximum absolute atomic E-state index is 12.0. The van der Waals surface area contributed by atoms with Crippen LogP contribution in [0.15, 0.2) is 23.1 Å². The minimum absolute atomic E-state index is 0.110. The van der Waals surface area contributed by atoms with E-state index in [1.54, 1.807) is 6.07 Å². The van der Waals surface area contributed by atoms with Crippen molar-refractivity contribution in [3.05, 3.63) is 18.2 Å². The highest BCUT2D eigenvalue weighted by atomic mass is 32.2. The van der Waals surface area contributed by atoms with Crippen LogP contribution in [0.5, 0.6) is 5.75 Å². The van der Waals surface area contributed by atoms with Gasteiger partial charge < -0.3 is 10.5 Å². The molecule has 0 heterocycles. The molecule has 5 nitrogen and oxygen atoms in total. The van der Waals surface area contributed by atoms with Crippen LogP contribution in [0.2, 0.25) is 0 Å². The first-order valence-corrected chi connectivity index (χ1v) is 6.94. The Kier molecular flexibility index (Phi) is 3.26. The van der Waals surface area contributed by atoms with E-state index in [9.17, 15) is 8.42 Å². The molecule has 0 bridgehead atoms. The summed E-state index contributed by atoms with van der Waals surface area (Å²) in [6.07, 6.45) is 2.20. The van der Waals surface area contributed by atoms with Gasteiger partial charge in [-0.3, -0.25) is 0 Å². The fourth-order valence-corrected chi connectivity index (χ4v) is 2.75. The maximum Gasteiger partial charge on any atom is 0.242 e. The molecule has 17 heavy (non-hydrogen) atoms. The standard InChI is InChI=1S/C11H16N2O3S/c1-16-9-4-5-11(10(12)6-9)17(14,15)13-7-8-2-3-8/h4-6,8,13H,2-3,7,12H2,1H3. The number of ether oxygens (including phenoxy) is 1. The van der Waals surface area contributed by atoms with Crippen molar-refractivity contribution in [2.24, 2.45) is 5.92 Å². The van der Waals surface area contributed by atoms with Gasteiger partial charge in [0.1, 0.15) is 10.6 Å². The van der Waals surface area contributed by atoms with Crippen molar-refractivity contribution < 1.29 is 13.2 Å². The SMILES string of the molecule is COc1ccc(S(=O)(=O)NCC2CC2)c(N)c1. The van der Waals surface area contributed by atoms with Crippen LogP contribution in [0.4, 0.5) is 5.69 Å². The van der Waals surface area contributed by atoms with Gasteiger partial charge in [-0.05, 0) is 30.9 Å². The van der Waals surface area contributed by atoms with E-state index in [0.29, 0.717) is 18.2 Å². The average Bonchev–Trinajstić information content (AvgIpc) is 3.09. The molecule has 1 aromatic carbocycles. The fraction of sp³-hybridized carbons (Fsp3) is 0.455. The molecule has 1 aliphatic carbocycles. The Morgan fingerprint density at radius 3 is 2.71 bits per heavy atom. The highest BCUT2D eigenvalue weighted by Gasteiger charge is 2.25. The Morgan fingerprint density at radius 1 is 1.47 bits per heavy atom. The molecule has 1 aromatic rings. The van der Waals surface area contributed by atoms with Gasteiger partial charge in [0.25, 0.3) is 0 Å². The quantitative estimate of drug-likeness (QED) is 0.769. The van der Waals surface area contributed by atoms with Crippen molar-refractivity contribution in [3.8, 4) is 5.75 Å². The van der Waals surface area contributed by atoms with E-state index in [0.717, 1.165) is 12.8 Å². The van der Waals surface area contributed by atoms with Crippen LogP contribution in [-0.4, -0.2) is 22.1 Å². The van der Waals surface area contributed by atoms with Crippen LogP contribution in [0.3, 0.4) is 0 Å². The molecule has 94 valence electrons. The first-order valence-electron chi connectivity index (χ1n) is 5.46. The normalized spacial score (nSPS) is 15.8. The summed E-state index contributed by atoms with van der Waals surface area (Å²) >= 11 is 0. The largest absolute Gasteiger partial charge is 0.497 e. The predicted molar refractivity (Wildman–Crippen MR) is 65.3 cm³/mol. The Bertz CT molecular complexity index is 509. The van der Waals surface area contributed by atoms with E-state index in [2.05, 4.69) is 4.72 Å². The third-order valence-corrected chi connectivity index (χ3v) is 4.26. The number of methoxy groups -OCH3 is 1. The second-order valence-electron chi connectivity index (χ2n) is 4.20. The average molecular weight is 256 g/mol. The summed E-state index contributed by atoms with van der Waals surface area (Å²) in [4.78, 5) is 0.110. The van der Waals surface area contributed by atoms with E-state index in [1.807, 2.05) is 0 Å². The fourth-order valence-electron chi connectivity index (χ4n) is 1.53. The lowest BCUT2D eigenvalue weighted by Gasteiger charge is -2.09. The molecule has 0 amide bonds. The van der Waals surface area contributed by atoms with Gasteiger partial charge in [0.15, 0.2) is 0 Å². The van der Waals surface area contributed by atoms with Gasteiger partial charge in [0.2, 0.25) is 10.0 Å². The van der Waals surface area contributed by atoms with E-state index in [-0.39, 0.29) is 10.6 Å². The summed E-state index contributed by atoms with van der Waals surface area (Å²) < 4.78 is 31.4. The summed E-state index contributed by atoms with van der Waals surface area (Å²) in [5, 5.41) is 0. The van der Waals surface area contributed by atoms with Crippen LogP contribution in [0, 0.1) is 5.92 Å². The van der Waals surface area contributed by atoms with Crippen molar-refractivity contribution in [2.45, 2.75) is 17.7 Å². The lowest BCUT2D eigenvalue weighted by atomic mass is 10.3. The lowest BCUT2D eigenvalue weighted by molar-refractivity contribution is 0.414. The molecule has 0 radical (unpaired) electrons. The molecule has 0 unspecified atom stereocenters. The summed E-state index contributed by atoms with van der Waals surface area (Å²) in [6, 6.07) is 4.55. The van der Waals surface area contributed by atoms with Crippen LogP contribution in [0.1, 0.15) is 12.8 Å². The smallest absolute Gasteiger partial charge is 0.242 e. The molecular weight excluding hydrogens is 240 g/mol. The van der Waals surface area contributed by atoms with Crippen LogP contribution >= 0.6 is 0 Å². The number of hydrogen-bond acceptors (Lipinski definition) is 4. The van der Waals surface area contributed by atoms with Gasteiger partial charge in [-0.1, -0.05) is 0 Å². The maximum atomic E-state index is 12.0. The molecule has 1 fully saturated rings. The number of anilines is 1. The summed E-state index contributed by atoms with van der Waals surface area (Å²) in [7, 11) is -1.99. The van der Waals surface area contributed by atoms with E-state index >= 15 is 0 Å². The Balaban J connectivity index is 2.19. The second kappa shape index (κ2) is 4.54.